The Hall–Kier alpha value is -5.58. The van der Waals surface area contributed by atoms with Gasteiger partial charge >= 0.3 is 7.12 Å². The molecule has 372 valence electrons. The minimum atomic E-state index is -1.44. The Morgan fingerprint density at radius 3 is 1.57 bits per heavy atom. The molecule has 12 nitrogen and oxygen atoms in total. The van der Waals surface area contributed by atoms with E-state index in [1.165, 1.54) is 28.3 Å². The number of hydrogen-bond donors (Lipinski definition) is 4. The van der Waals surface area contributed by atoms with Crippen LogP contribution in [0.25, 0.3) is 11.1 Å². The first-order valence-corrected chi connectivity index (χ1v) is 25.9. The Morgan fingerprint density at radius 1 is 0.597 bits per heavy atom. The fourth-order valence-corrected chi connectivity index (χ4v) is 12.3. The van der Waals surface area contributed by atoms with Crippen LogP contribution < -0.4 is 26.4 Å². The highest BCUT2D eigenvalue weighted by Gasteiger charge is 2.56. The largest absolute Gasteiger partial charge is 0.488 e. The Bertz CT molecular complexity index is 3090. The molecule has 4 spiro atoms. The molecule has 0 amide bonds. The van der Waals surface area contributed by atoms with E-state index in [9.17, 15) is 0 Å². The third-order valence-corrected chi connectivity index (χ3v) is 15.4. The van der Waals surface area contributed by atoms with Crippen molar-refractivity contribution in [3.63, 3.8) is 0 Å². The first-order chi connectivity index (χ1) is 34.4. The highest BCUT2D eigenvalue weighted by atomic mass is 79.9. The van der Waals surface area contributed by atoms with Crippen molar-refractivity contribution in [3.05, 3.63) is 180 Å². The summed E-state index contributed by atoms with van der Waals surface area (Å²) in [6.07, 6.45) is 9.07. The van der Waals surface area contributed by atoms with Gasteiger partial charge in [0.1, 0.15) is 22.7 Å². The second-order valence-corrected chi connectivity index (χ2v) is 21.8. The Balaban J connectivity index is 0.000000140. The number of ether oxygens (including phenoxy) is 2. The summed E-state index contributed by atoms with van der Waals surface area (Å²) in [5, 5.41) is 21.9. The molecule has 0 saturated carbocycles. The van der Waals surface area contributed by atoms with E-state index in [1.807, 2.05) is 57.3 Å². The number of hydrogen-bond acceptors (Lipinski definition) is 12. The second-order valence-electron chi connectivity index (χ2n) is 20.0. The zero-order chi connectivity index (χ0) is 50.6. The summed E-state index contributed by atoms with van der Waals surface area (Å²) in [5.74, 6) is 2.41. The first-order valence-electron chi connectivity index (χ1n) is 24.4. The molecule has 72 heavy (non-hydrogen) atoms. The van der Waals surface area contributed by atoms with Crippen LogP contribution in [0.5, 0.6) is 11.5 Å². The molecule has 4 atom stereocenters. The van der Waals surface area contributed by atoms with Crippen molar-refractivity contribution in [1.82, 2.24) is 10.1 Å². The number of aliphatic imine (C=N–C) groups is 2. The normalized spacial score (nSPS) is 24.5. The van der Waals surface area contributed by atoms with E-state index in [4.69, 9.17) is 73.9 Å². The van der Waals surface area contributed by atoms with Gasteiger partial charge in [0.05, 0.1) is 11.1 Å². The van der Waals surface area contributed by atoms with Gasteiger partial charge in [0.2, 0.25) is 23.4 Å². The summed E-state index contributed by atoms with van der Waals surface area (Å²) in [6.45, 7) is 3.89. The van der Waals surface area contributed by atoms with Crippen molar-refractivity contribution >= 4 is 63.6 Å². The molecule has 4 heterocycles. The SMILES string of the molecule is CN1OC2(CC3(CCCc4ccccc4C3)Oc3ccc(Br)cc32)N=C1N.Cc1cc(Cl)cc(-c2ccc3c(c2)C2(CC4(CCCc5ccccc5C4)O3)N=C(N)N(C)O2)c1.Cc1cc(Cl)cc(B(O)O)c1. The zero-order valence-corrected chi connectivity index (χ0v) is 43.9. The first kappa shape index (κ1) is 50.0. The van der Waals surface area contributed by atoms with Crippen LogP contribution in [0.3, 0.4) is 0 Å². The lowest BCUT2D eigenvalue weighted by Crippen LogP contribution is -2.49. The van der Waals surface area contributed by atoms with E-state index in [0.29, 0.717) is 40.3 Å². The summed E-state index contributed by atoms with van der Waals surface area (Å²) in [4.78, 5) is 22.3. The number of nitrogens with zero attached hydrogens (tertiary/aromatic N) is 4. The minimum absolute atomic E-state index is 0.359. The predicted octanol–water partition coefficient (Wildman–Crippen LogP) is 9.98. The Kier molecular flexibility index (Phi) is 13.7. The van der Waals surface area contributed by atoms with Gasteiger partial charge in [-0.2, -0.15) is 0 Å². The lowest BCUT2D eigenvalue weighted by atomic mass is 9.78. The summed E-state index contributed by atoms with van der Waals surface area (Å²) < 4.78 is 14.5. The number of aryl methyl sites for hydroxylation is 4. The zero-order valence-electron chi connectivity index (χ0n) is 40.8. The number of hydroxylamine groups is 4. The maximum atomic E-state index is 8.77. The van der Waals surface area contributed by atoms with Crippen LogP contribution in [0.1, 0.15) is 83.0 Å². The molecule has 0 aromatic heterocycles. The van der Waals surface area contributed by atoms with Gasteiger partial charge in [-0.1, -0.05) is 106 Å². The highest BCUT2D eigenvalue weighted by Crippen LogP contribution is 2.54. The Morgan fingerprint density at radius 2 is 1.08 bits per heavy atom. The average Bonchev–Trinajstić information content (AvgIpc) is 3.59. The number of rotatable bonds is 2. The molecule has 6 N–H and O–H groups in total. The van der Waals surface area contributed by atoms with E-state index >= 15 is 0 Å². The molecule has 4 unspecified atom stereocenters. The van der Waals surface area contributed by atoms with E-state index < -0.39 is 24.2 Å². The minimum Gasteiger partial charge on any atom is -0.486 e. The fourth-order valence-electron chi connectivity index (χ4n) is 11.4. The van der Waals surface area contributed by atoms with Crippen molar-refractivity contribution in [2.75, 3.05) is 14.1 Å². The molecule has 12 rings (SSSR count). The third-order valence-electron chi connectivity index (χ3n) is 14.5. The van der Waals surface area contributed by atoms with Gasteiger partial charge in [-0.3, -0.25) is 0 Å². The summed E-state index contributed by atoms with van der Waals surface area (Å²) >= 11 is 15.6. The van der Waals surface area contributed by atoms with E-state index in [2.05, 4.69) is 82.7 Å². The lowest BCUT2D eigenvalue weighted by molar-refractivity contribution is -0.205. The monoisotopic (exact) mass is 1070 g/mol. The molecule has 6 aromatic carbocycles. The molecule has 4 aliphatic heterocycles. The third kappa shape index (κ3) is 10.1. The maximum absolute atomic E-state index is 8.77. The summed E-state index contributed by atoms with van der Waals surface area (Å²) in [6, 6.07) is 40.7. The van der Waals surface area contributed by atoms with Crippen LogP contribution in [0, 0.1) is 13.8 Å². The summed E-state index contributed by atoms with van der Waals surface area (Å²) in [5.41, 5.74) is 21.7. The standard InChI is InChI=1S/C28H28ClN3O2.C21H22BrN3O2.C7H8BClO2/c1-18-12-22(14-23(29)13-18)20-9-10-25-24(15-20)28(31-26(30)32(2)34-28)17-27(33-25)11-5-8-19-6-3-4-7-21(19)16-27;1-25-19(23)24-21(27-25)13-20(26-18-9-8-16(22)11-17(18)21)10-4-7-14-5-2-3-6-15(14)12-20;1-5-2-6(8(10)11)4-7(9)3-5/h3-4,6-7,9-10,12-15H,5,8,11,16-17H2,1-2H3,(H2,30,31);2-3,5-6,8-9,11H,4,7,10,12-13H2,1H3,(H2,23,24);2-4,10-11H,1H3. The van der Waals surface area contributed by atoms with Crippen LogP contribution in [0.2, 0.25) is 10.0 Å². The quantitative estimate of drug-likeness (QED) is 0.123. The Labute approximate surface area is 439 Å². The van der Waals surface area contributed by atoms with Crippen molar-refractivity contribution < 1.29 is 29.2 Å². The van der Waals surface area contributed by atoms with Crippen molar-refractivity contribution in [3.8, 4) is 22.6 Å². The second kappa shape index (κ2) is 19.7. The van der Waals surface area contributed by atoms with E-state index in [-0.39, 0.29) is 5.60 Å². The van der Waals surface area contributed by atoms with Crippen molar-refractivity contribution in [2.45, 2.75) is 101 Å². The number of halogens is 3. The van der Waals surface area contributed by atoms with Crippen LogP contribution >= 0.6 is 39.1 Å². The van der Waals surface area contributed by atoms with Gasteiger partial charge in [-0.05, 0) is 157 Å². The number of fused-ring (bicyclic) bond motifs is 6. The topological polar surface area (TPSA) is 161 Å². The van der Waals surface area contributed by atoms with Crippen LogP contribution in [-0.2, 0) is 46.8 Å². The van der Waals surface area contributed by atoms with Gasteiger partial charge < -0.3 is 31.0 Å². The average molecular weight is 1070 g/mol. The lowest BCUT2D eigenvalue weighted by Gasteiger charge is -2.45. The van der Waals surface area contributed by atoms with Crippen LogP contribution in [0.15, 0.2) is 136 Å². The van der Waals surface area contributed by atoms with Crippen LogP contribution in [-0.4, -0.2) is 64.5 Å². The highest BCUT2D eigenvalue weighted by molar-refractivity contribution is 9.10. The van der Waals surface area contributed by atoms with E-state index in [1.54, 1.807) is 29.3 Å². The molecular weight excluding hydrogens is 1010 g/mol. The van der Waals surface area contributed by atoms with Crippen molar-refractivity contribution in [1.29, 1.82) is 0 Å². The summed E-state index contributed by atoms with van der Waals surface area (Å²) in [7, 11) is 2.17. The smallest absolute Gasteiger partial charge is 0.486 e. The van der Waals surface area contributed by atoms with Gasteiger partial charge in [0.15, 0.2) is 0 Å². The van der Waals surface area contributed by atoms with Gasteiger partial charge in [0.25, 0.3) is 0 Å². The number of benzene rings is 6. The molecule has 2 aliphatic carbocycles. The molecule has 0 saturated heterocycles. The number of guanidine groups is 2. The molecule has 0 fully saturated rings. The molecule has 16 heteroatoms. The van der Waals surface area contributed by atoms with E-state index in [0.717, 1.165) is 101 Å². The number of nitrogens with two attached hydrogens (primary N) is 2. The van der Waals surface area contributed by atoms with Crippen LogP contribution in [0.4, 0.5) is 0 Å². The molecular formula is C56H58BBrCl2N6O6. The van der Waals surface area contributed by atoms with Gasteiger partial charge in [-0.15, -0.1) is 0 Å². The maximum Gasteiger partial charge on any atom is 0.488 e. The molecule has 0 radical (unpaired) electrons. The molecule has 0 bridgehead atoms. The van der Waals surface area contributed by atoms with Gasteiger partial charge in [0, 0.05) is 54.3 Å². The fraction of sp³-hybridized carbons (Fsp3) is 0.321. The molecule has 6 aliphatic rings. The van der Waals surface area contributed by atoms with Gasteiger partial charge in [-0.25, -0.2) is 29.8 Å². The predicted molar refractivity (Wildman–Crippen MR) is 288 cm³/mol. The molecule has 6 aromatic rings. The van der Waals surface area contributed by atoms with Crippen molar-refractivity contribution in [2.24, 2.45) is 21.5 Å².